The Labute approximate surface area is 163 Å². The number of furan rings is 1. The molecule has 27 heavy (non-hydrogen) atoms. The summed E-state index contributed by atoms with van der Waals surface area (Å²) >= 11 is 0. The minimum absolute atomic E-state index is 0.123. The normalized spacial score (nSPS) is 20.8. The molecule has 1 aliphatic carbocycles. The van der Waals surface area contributed by atoms with Crippen molar-refractivity contribution in [1.29, 1.82) is 0 Å². The summed E-state index contributed by atoms with van der Waals surface area (Å²) in [6, 6.07) is 6.70. The molecule has 1 aromatic heterocycles. The second kappa shape index (κ2) is 7.35. The molecule has 1 unspecified atom stereocenters. The van der Waals surface area contributed by atoms with E-state index in [4.69, 9.17) is 9.15 Å². The van der Waals surface area contributed by atoms with Gasteiger partial charge in [0.15, 0.2) is 0 Å². The summed E-state index contributed by atoms with van der Waals surface area (Å²) in [6.45, 7) is 11.0. The molecule has 1 saturated heterocycles. The monoisotopic (exact) mass is 367 g/mol. The third kappa shape index (κ3) is 3.42. The number of aryl methyl sites for hydroxylation is 1. The number of unbranched alkanes of at least 4 members (excludes halogenated alkanes) is 1. The van der Waals surface area contributed by atoms with E-state index in [0.29, 0.717) is 0 Å². The van der Waals surface area contributed by atoms with Crippen LogP contribution in [0.2, 0.25) is 0 Å². The number of piperidine rings is 1. The molecule has 2 aromatic rings. The summed E-state index contributed by atoms with van der Waals surface area (Å²) in [7, 11) is 0. The highest BCUT2D eigenvalue weighted by Gasteiger charge is 2.38. The molecule has 1 aliphatic heterocycles. The zero-order valence-corrected chi connectivity index (χ0v) is 17.3. The SMILES string of the molecule is CCCCc1c(C)oc2c1Cc1ccc(OC3CCCNC3)cc1C2(C)C. The summed E-state index contributed by atoms with van der Waals surface area (Å²) in [5.41, 5.74) is 5.53. The molecule has 2 heterocycles. The summed E-state index contributed by atoms with van der Waals surface area (Å²) in [5, 5.41) is 3.43. The van der Waals surface area contributed by atoms with Gasteiger partial charge < -0.3 is 14.5 Å². The van der Waals surface area contributed by atoms with Crippen LogP contribution in [0, 0.1) is 6.92 Å². The Bertz CT molecular complexity index is 812. The van der Waals surface area contributed by atoms with Crippen molar-refractivity contribution >= 4 is 0 Å². The fourth-order valence-electron chi connectivity index (χ4n) is 4.79. The van der Waals surface area contributed by atoms with Gasteiger partial charge in [0.05, 0.1) is 0 Å². The summed E-state index contributed by atoms with van der Waals surface area (Å²) in [5.74, 6) is 3.27. The Hall–Kier alpha value is -1.74. The highest BCUT2D eigenvalue weighted by molar-refractivity contribution is 5.54. The molecule has 4 rings (SSSR count). The molecule has 0 amide bonds. The van der Waals surface area contributed by atoms with Crippen molar-refractivity contribution in [3.8, 4) is 5.75 Å². The van der Waals surface area contributed by atoms with Crippen molar-refractivity contribution in [2.45, 2.75) is 77.7 Å². The van der Waals surface area contributed by atoms with E-state index in [1.807, 2.05) is 0 Å². The number of nitrogens with one attached hydrogen (secondary N) is 1. The van der Waals surface area contributed by atoms with Crippen LogP contribution in [-0.4, -0.2) is 19.2 Å². The summed E-state index contributed by atoms with van der Waals surface area (Å²) in [6.07, 6.45) is 7.16. The maximum absolute atomic E-state index is 6.35. The quantitative estimate of drug-likeness (QED) is 0.779. The van der Waals surface area contributed by atoms with Gasteiger partial charge in [-0.1, -0.05) is 19.4 Å². The lowest BCUT2D eigenvalue weighted by Gasteiger charge is -2.33. The first kappa shape index (κ1) is 18.6. The highest BCUT2D eigenvalue weighted by atomic mass is 16.5. The van der Waals surface area contributed by atoms with E-state index in [-0.39, 0.29) is 11.5 Å². The van der Waals surface area contributed by atoms with E-state index >= 15 is 0 Å². The molecule has 146 valence electrons. The van der Waals surface area contributed by atoms with Crippen LogP contribution in [0.3, 0.4) is 0 Å². The van der Waals surface area contributed by atoms with E-state index in [1.54, 1.807) is 0 Å². The molecule has 1 aromatic carbocycles. The van der Waals surface area contributed by atoms with Gasteiger partial charge in [0, 0.05) is 23.9 Å². The van der Waals surface area contributed by atoms with E-state index < -0.39 is 0 Å². The van der Waals surface area contributed by atoms with Gasteiger partial charge in [-0.2, -0.15) is 0 Å². The topological polar surface area (TPSA) is 34.4 Å². The minimum Gasteiger partial charge on any atom is -0.489 e. The molecular formula is C24H33NO2. The Balaban J connectivity index is 1.65. The molecule has 0 radical (unpaired) electrons. The second-order valence-corrected chi connectivity index (χ2v) is 8.75. The fourth-order valence-corrected chi connectivity index (χ4v) is 4.79. The van der Waals surface area contributed by atoms with Gasteiger partial charge in [-0.25, -0.2) is 0 Å². The molecule has 3 heteroatoms. The van der Waals surface area contributed by atoms with E-state index in [2.05, 4.69) is 51.2 Å². The van der Waals surface area contributed by atoms with Gasteiger partial charge in [0.25, 0.3) is 0 Å². The first-order valence-corrected chi connectivity index (χ1v) is 10.6. The zero-order valence-electron chi connectivity index (χ0n) is 17.3. The molecule has 3 nitrogen and oxygen atoms in total. The summed E-state index contributed by atoms with van der Waals surface area (Å²) in [4.78, 5) is 0. The predicted octanol–water partition coefficient (Wildman–Crippen LogP) is 5.29. The van der Waals surface area contributed by atoms with E-state index in [0.717, 1.165) is 49.6 Å². The number of hydrogen-bond donors (Lipinski definition) is 1. The lowest BCUT2D eigenvalue weighted by atomic mass is 9.72. The molecule has 1 atom stereocenters. The van der Waals surface area contributed by atoms with Gasteiger partial charge in [0.1, 0.15) is 23.4 Å². The third-order valence-corrected chi connectivity index (χ3v) is 6.34. The Kier molecular flexibility index (Phi) is 5.07. The number of ether oxygens (including phenoxy) is 1. The second-order valence-electron chi connectivity index (χ2n) is 8.75. The van der Waals surface area contributed by atoms with Crippen LogP contribution in [0.15, 0.2) is 22.6 Å². The van der Waals surface area contributed by atoms with Gasteiger partial charge >= 0.3 is 0 Å². The third-order valence-electron chi connectivity index (χ3n) is 6.34. The Morgan fingerprint density at radius 1 is 1.30 bits per heavy atom. The van der Waals surface area contributed by atoms with Crippen molar-refractivity contribution in [1.82, 2.24) is 5.32 Å². The molecule has 0 bridgehead atoms. The van der Waals surface area contributed by atoms with E-state index in [1.165, 1.54) is 41.5 Å². The van der Waals surface area contributed by atoms with Gasteiger partial charge in [-0.3, -0.25) is 0 Å². The predicted molar refractivity (Wildman–Crippen MR) is 110 cm³/mol. The maximum atomic E-state index is 6.35. The van der Waals surface area contributed by atoms with Crippen molar-refractivity contribution in [3.05, 3.63) is 52.0 Å². The number of fused-ring (bicyclic) bond motifs is 2. The van der Waals surface area contributed by atoms with Crippen LogP contribution < -0.4 is 10.1 Å². The maximum Gasteiger partial charge on any atom is 0.120 e. The lowest BCUT2D eigenvalue weighted by molar-refractivity contribution is 0.167. The minimum atomic E-state index is -0.123. The van der Waals surface area contributed by atoms with Crippen LogP contribution in [0.4, 0.5) is 0 Å². The van der Waals surface area contributed by atoms with Crippen molar-refractivity contribution in [2.75, 3.05) is 13.1 Å². The largest absolute Gasteiger partial charge is 0.489 e. The first-order chi connectivity index (χ1) is 13.0. The van der Waals surface area contributed by atoms with E-state index in [9.17, 15) is 0 Å². The first-order valence-electron chi connectivity index (χ1n) is 10.6. The van der Waals surface area contributed by atoms with Gasteiger partial charge in [0.2, 0.25) is 0 Å². The summed E-state index contributed by atoms with van der Waals surface area (Å²) < 4.78 is 12.6. The van der Waals surface area contributed by atoms with Crippen molar-refractivity contribution in [2.24, 2.45) is 0 Å². The Morgan fingerprint density at radius 2 is 2.15 bits per heavy atom. The van der Waals surface area contributed by atoms with Crippen molar-refractivity contribution < 1.29 is 9.15 Å². The zero-order chi connectivity index (χ0) is 19.0. The standard InChI is InChI=1S/C24H33NO2/c1-5-6-9-20-16(2)26-23-21(20)13-17-10-11-18(14-22(17)24(23,3)4)27-19-8-7-12-25-15-19/h10-11,14,19,25H,5-9,12-13,15H2,1-4H3. The van der Waals surface area contributed by atoms with Crippen LogP contribution in [0.5, 0.6) is 5.75 Å². The van der Waals surface area contributed by atoms with Crippen molar-refractivity contribution in [3.63, 3.8) is 0 Å². The highest BCUT2D eigenvalue weighted by Crippen LogP contribution is 2.45. The molecule has 2 aliphatic rings. The number of benzene rings is 1. The molecule has 0 spiro atoms. The van der Waals surface area contributed by atoms with Gasteiger partial charge in [-0.15, -0.1) is 0 Å². The lowest BCUT2D eigenvalue weighted by Crippen LogP contribution is -2.37. The molecule has 0 saturated carbocycles. The Morgan fingerprint density at radius 3 is 2.89 bits per heavy atom. The molecule has 1 fully saturated rings. The number of rotatable bonds is 5. The fraction of sp³-hybridized carbons (Fsp3) is 0.583. The molecule has 1 N–H and O–H groups in total. The van der Waals surface area contributed by atoms with Crippen LogP contribution in [0.1, 0.15) is 80.2 Å². The van der Waals surface area contributed by atoms with Crippen LogP contribution in [-0.2, 0) is 18.3 Å². The van der Waals surface area contributed by atoms with Crippen LogP contribution >= 0.6 is 0 Å². The molecular weight excluding hydrogens is 334 g/mol. The smallest absolute Gasteiger partial charge is 0.120 e. The average molecular weight is 368 g/mol. The average Bonchev–Trinajstić information content (AvgIpc) is 2.98. The van der Waals surface area contributed by atoms with Crippen LogP contribution in [0.25, 0.3) is 0 Å². The van der Waals surface area contributed by atoms with Gasteiger partial charge in [-0.05, 0) is 81.8 Å². The number of hydrogen-bond acceptors (Lipinski definition) is 3.